The van der Waals surface area contributed by atoms with Gasteiger partial charge in [-0.3, -0.25) is 0 Å². The Morgan fingerprint density at radius 1 is 0.385 bits per heavy atom. The van der Waals surface area contributed by atoms with E-state index in [0.29, 0.717) is 0 Å². The first kappa shape index (κ1) is 29.3. The van der Waals surface area contributed by atoms with Gasteiger partial charge >= 0.3 is 0 Å². The molecule has 0 aromatic rings. The van der Waals surface area contributed by atoms with Gasteiger partial charge in [0.1, 0.15) is 0 Å². The summed E-state index contributed by atoms with van der Waals surface area (Å²) in [5.41, 5.74) is 0. The minimum Gasteiger partial charge on any atom is -0.342 e. The summed E-state index contributed by atoms with van der Waals surface area (Å²) in [6.45, 7) is 32.5. The fourth-order valence-corrected chi connectivity index (χ4v) is 2.81. The first-order valence-electron chi connectivity index (χ1n) is 9.35. The zero-order valence-electron chi connectivity index (χ0n) is 19.8. The van der Waals surface area contributed by atoms with Gasteiger partial charge < -0.3 is 6.55 Å². The Morgan fingerprint density at radius 3 is 0.462 bits per heavy atom. The molecule has 2 saturated carbocycles. The molecule has 0 aliphatic heterocycles. The Labute approximate surface area is 187 Å². The summed E-state index contributed by atoms with van der Waals surface area (Å²) in [5.74, 6) is 14.7. The van der Waals surface area contributed by atoms with Crippen molar-refractivity contribution in [1.82, 2.24) is 0 Å². The zero-order chi connectivity index (χ0) is 20.3. The van der Waals surface area contributed by atoms with Crippen molar-refractivity contribution in [3.63, 3.8) is 0 Å². The predicted molar refractivity (Wildman–Crippen MR) is 118 cm³/mol. The standard InChI is InChI=1S/2C10H15.C4H11Si.Sc/c2*1-6-7(2)9(4)10(5)8(6)3;1-5(2,3)4;/h2*1-5H3;1H2,2-4H3;/q;;-1;. The summed E-state index contributed by atoms with van der Waals surface area (Å²) in [4.78, 5) is 0. The molecule has 0 unspecified atom stereocenters. The topological polar surface area (TPSA) is 0 Å². The molecule has 0 aromatic carbocycles. The average Bonchev–Trinajstić information content (AvgIpc) is 2.77. The SMILES string of the molecule is C[C]1[C](C)[C](C)[C](C)[C]1C.C[C]1[C](C)[C](C)[C](C)[C]1C.[CH2-][Si](C)(C)C.[Sc]. The number of hydrogen-bond donors (Lipinski definition) is 0. The largest absolute Gasteiger partial charge is 0.342 e. The number of hydrogen-bond acceptors (Lipinski definition) is 0. The maximum atomic E-state index is 3.91. The third kappa shape index (κ3) is 8.62. The van der Waals surface area contributed by atoms with Gasteiger partial charge in [0.2, 0.25) is 0 Å². The summed E-state index contributed by atoms with van der Waals surface area (Å²) >= 11 is 0. The second kappa shape index (κ2) is 11.9. The van der Waals surface area contributed by atoms with Crippen molar-refractivity contribution >= 4 is 8.07 Å². The van der Waals surface area contributed by atoms with E-state index in [-0.39, 0.29) is 25.8 Å². The van der Waals surface area contributed by atoms with E-state index in [4.69, 9.17) is 0 Å². The molecule has 0 nitrogen and oxygen atoms in total. The first-order chi connectivity index (χ1) is 11.1. The molecule has 2 fully saturated rings. The van der Waals surface area contributed by atoms with Crippen LogP contribution in [0.3, 0.4) is 0 Å². The molecular weight excluding hydrogens is 361 g/mol. The molecule has 0 bridgehead atoms. The number of rotatable bonds is 0. The fraction of sp³-hybridized carbons (Fsp3) is 0.542. The van der Waals surface area contributed by atoms with Gasteiger partial charge in [0.05, 0.1) is 0 Å². The molecule has 0 amide bonds. The Hall–Kier alpha value is 1.09. The van der Waals surface area contributed by atoms with E-state index >= 15 is 0 Å². The smallest absolute Gasteiger partial charge is 0 e. The third-order valence-corrected chi connectivity index (χ3v) is 5.62. The van der Waals surface area contributed by atoms with Crippen LogP contribution in [0.5, 0.6) is 0 Å². The van der Waals surface area contributed by atoms with Gasteiger partial charge in [0.15, 0.2) is 0 Å². The van der Waals surface area contributed by atoms with Crippen molar-refractivity contribution in [2.24, 2.45) is 0 Å². The summed E-state index contributed by atoms with van der Waals surface area (Å²) < 4.78 is 0. The van der Waals surface area contributed by atoms with Crippen LogP contribution < -0.4 is 0 Å². The quantitative estimate of drug-likeness (QED) is 0.288. The van der Waals surface area contributed by atoms with Crippen LogP contribution >= 0.6 is 0 Å². The minimum absolute atomic E-state index is 0. The molecule has 0 heterocycles. The van der Waals surface area contributed by atoms with E-state index in [2.05, 4.69) is 95.4 Å². The van der Waals surface area contributed by atoms with Crippen LogP contribution in [0.4, 0.5) is 0 Å². The van der Waals surface area contributed by atoms with Gasteiger partial charge in [-0.2, -0.15) is 0 Å². The van der Waals surface area contributed by atoms with E-state index < -0.39 is 8.07 Å². The van der Waals surface area contributed by atoms with E-state index in [1.54, 1.807) is 0 Å². The second-order valence-corrected chi connectivity index (χ2v) is 13.9. The van der Waals surface area contributed by atoms with Gasteiger partial charge in [-0.1, -0.05) is 88.9 Å². The first-order valence-corrected chi connectivity index (χ1v) is 13.1. The summed E-state index contributed by atoms with van der Waals surface area (Å²) in [6.07, 6.45) is 0. The predicted octanol–water partition coefficient (Wildman–Crippen LogP) is 7.64. The third-order valence-electron chi connectivity index (χ3n) is 5.62. The maximum absolute atomic E-state index is 3.91. The zero-order valence-corrected chi connectivity index (χ0v) is 22.6. The monoisotopic (exact) mass is 402 g/mol. The molecule has 11 radical (unpaired) electrons. The van der Waals surface area contributed by atoms with Crippen LogP contribution in [0.2, 0.25) is 19.6 Å². The molecule has 0 spiro atoms. The maximum Gasteiger partial charge on any atom is 0 e. The van der Waals surface area contributed by atoms with Crippen molar-refractivity contribution in [1.29, 1.82) is 0 Å². The van der Waals surface area contributed by atoms with Crippen LogP contribution in [0.1, 0.15) is 69.2 Å². The minimum atomic E-state index is -0.861. The summed E-state index contributed by atoms with van der Waals surface area (Å²) in [5, 5.41) is 0. The van der Waals surface area contributed by atoms with Gasteiger partial charge in [0, 0.05) is 25.8 Å². The van der Waals surface area contributed by atoms with Gasteiger partial charge in [0.25, 0.3) is 0 Å². The summed E-state index contributed by atoms with van der Waals surface area (Å²) in [6, 6.07) is 0. The van der Waals surface area contributed by atoms with Crippen LogP contribution in [0.15, 0.2) is 0 Å². The van der Waals surface area contributed by atoms with E-state index in [1.165, 1.54) is 59.2 Å². The molecule has 145 valence electrons. The van der Waals surface area contributed by atoms with Crippen LogP contribution in [-0.2, 0) is 25.8 Å². The van der Waals surface area contributed by atoms with Crippen LogP contribution in [0.25, 0.3) is 0 Å². The van der Waals surface area contributed by atoms with Crippen molar-refractivity contribution in [3.05, 3.63) is 65.7 Å². The fourth-order valence-electron chi connectivity index (χ4n) is 2.81. The molecule has 0 saturated heterocycles. The molecule has 0 aromatic heterocycles. The molecule has 26 heavy (non-hydrogen) atoms. The normalized spacial score (nSPS) is 24.2. The molecule has 0 atom stereocenters. The molecular formula is C24H41ScSi-. The molecule has 2 heteroatoms. The molecule has 2 aliphatic rings. The van der Waals surface area contributed by atoms with Crippen molar-refractivity contribution < 1.29 is 25.8 Å². The van der Waals surface area contributed by atoms with Crippen molar-refractivity contribution in [2.75, 3.05) is 0 Å². The molecule has 2 rings (SSSR count). The van der Waals surface area contributed by atoms with Crippen LogP contribution in [0, 0.1) is 65.7 Å². The Balaban J connectivity index is 0. The molecule has 0 N–H and O–H groups in total. The van der Waals surface area contributed by atoms with E-state index in [0.717, 1.165) is 0 Å². The average molecular weight is 403 g/mol. The van der Waals surface area contributed by atoms with Gasteiger partial charge in [-0.15, -0.1) is 8.07 Å². The Kier molecular flexibility index (Phi) is 13.4. The van der Waals surface area contributed by atoms with Crippen molar-refractivity contribution in [2.45, 2.75) is 88.9 Å². The Bertz CT molecular complexity index is 249. The van der Waals surface area contributed by atoms with E-state index in [9.17, 15) is 0 Å². The van der Waals surface area contributed by atoms with E-state index in [1.807, 2.05) is 0 Å². The van der Waals surface area contributed by atoms with Crippen molar-refractivity contribution in [3.8, 4) is 0 Å². The Morgan fingerprint density at radius 2 is 0.423 bits per heavy atom. The molecule has 2 aliphatic carbocycles. The van der Waals surface area contributed by atoms with Gasteiger partial charge in [-0.25, -0.2) is 0 Å². The second-order valence-electron chi connectivity index (χ2n) is 8.81. The van der Waals surface area contributed by atoms with Gasteiger partial charge in [-0.05, 0) is 59.2 Å². The van der Waals surface area contributed by atoms with Crippen LogP contribution in [-0.4, -0.2) is 8.07 Å². The summed E-state index contributed by atoms with van der Waals surface area (Å²) in [7, 11) is -0.861.